The molecule has 1 rings (SSSR count). The number of nitrogens with zero attached hydrogens (tertiary/aromatic N) is 1. The highest BCUT2D eigenvalue weighted by Crippen LogP contribution is 2.68. The van der Waals surface area contributed by atoms with Crippen molar-refractivity contribution in [3.8, 4) is 0 Å². The smallest absolute Gasteiger partial charge is 0.313 e. The van der Waals surface area contributed by atoms with Crippen LogP contribution >= 0.6 is 51.1 Å². The SMILES string of the molecule is O=C(O)CP(=O)(O)CP(=O)(O)CP(=O)(O)CP(=O)(O)CSSc1ccccn1. The van der Waals surface area contributed by atoms with Gasteiger partial charge in [-0.1, -0.05) is 16.9 Å². The fourth-order valence-corrected chi connectivity index (χ4v) is 18.3. The molecule has 0 aliphatic carbocycles. The van der Waals surface area contributed by atoms with E-state index in [-0.39, 0.29) is 0 Å². The van der Waals surface area contributed by atoms with Gasteiger partial charge in [0.25, 0.3) is 0 Å². The van der Waals surface area contributed by atoms with Crippen molar-refractivity contribution in [2.75, 3.05) is 29.4 Å². The summed E-state index contributed by atoms with van der Waals surface area (Å²) in [7, 11) is -16.0. The maximum Gasteiger partial charge on any atom is 0.313 e. The van der Waals surface area contributed by atoms with Crippen molar-refractivity contribution in [1.29, 1.82) is 0 Å². The monoisotopic (exact) mass is 513 g/mol. The topological polar surface area (TPSA) is 199 Å². The van der Waals surface area contributed by atoms with Crippen LogP contribution in [-0.4, -0.2) is 65.0 Å². The van der Waals surface area contributed by atoms with E-state index in [4.69, 9.17) is 5.11 Å². The van der Waals surface area contributed by atoms with Gasteiger partial charge in [-0.15, -0.1) is 0 Å². The van der Waals surface area contributed by atoms with E-state index in [1.807, 2.05) is 0 Å². The third-order valence-corrected chi connectivity index (χ3v) is 18.5. The highest BCUT2D eigenvalue weighted by molar-refractivity contribution is 8.77. The average Bonchev–Trinajstić information content (AvgIpc) is 2.42. The Labute approximate surface area is 168 Å². The fraction of sp³-hybridized carbons (Fsp3) is 0.455. The predicted octanol–water partition coefficient (Wildman–Crippen LogP) is 2.82. The number of hydrogen-bond acceptors (Lipinski definition) is 8. The zero-order chi connectivity index (χ0) is 21.6. The van der Waals surface area contributed by atoms with E-state index in [9.17, 15) is 42.6 Å². The zero-order valence-corrected chi connectivity index (χ0v) is 19.4. The van der Waals surface area contributed by atoms with Gasteiger partial charge in [0, 0.05) is 6.20 Å². The first kappa shape index (κ1) is 26.1. The van der Waals surface area contributed by atoms with E-state index in [0.29, 0.717) is 5.03 Å². The molecule has 1 aromatic rings. The van der Waals surface area contributed by atoms with E-state index in [1.165, 1.54) is 6.20 Å². The largest absolute Gasteiger partial charge is 0.481 e. The molecule has 0 spiro atoms. The summed E-state index contributed by atoms with van der Waals surface area (Å²) in [4.78, 5) is 53.4. The zero-order valence-electron chi connectivity index (χ0n) is 14.2. The summed E-state index contributed by atoms with van der Waals surface area (Å²) in [5, 5.41) is 9.06. The number of pyridine rings is 1. The molecule has 160 valence electrons. The lowest BCUT2D eigenvalue weighted by atomic mass is 10.5. The Kier molecular flexibility index (Phi) is 9.70. The van der Waals surface area contributed by atoms with Crippen LogP contribution in [0.5, 0.6) is 0 Å². The second kappa shape index (κ2) is 10.4. The quantitative estimate of drug-likeness (QED) is 0.202. The summed E-state index contributed by atoms with van der Waals surface area (Å²) in [5.74, 6) is -5.53. The minimum Gasteiger partial charge on any atom is -0.481 e. The molecule has 0 bridgehead atoms. The average molecular weight is 513 g/mol. The minimum atomic E-state index is -4.70. The molecule has 4 atom stereocenters. The number of carbonyl (C=O) groups is 1. The van der Waals surface area contributed by atoms with Crippen molar-refractivity contribution < 1.29 is 47.7 Å². The highest BCUT2D eigenvalue weighted by atomic mass is 33.1. The van der Waals surface area contributed by atoms with Crippen molar-refractivity contribution in [1.82, 2.24) is 4.98 Å². The van der Waals surface area contributed by atoms with Crippen LogP contribution in [0, 0.1) is 0 Å². The molecule has 0 aliphatic rings. The molecule has 0 aliphatic heterocycles. The molecule has 11 nitrogen and oxygen atoms in total. The van der Waals surface area contributed by atoms with Crippen LogP contribution in [0.25, 0.3) is 0 Å². The molecule has 0 saturated heterocycles. The van der Waals surface area contributed by atoms with Gasteiger partial charge in [-0.25, -0.2) is 4.98 Å². The molecule has 17 heteroatoms. The number of rotatable bonds is 12. The second-order valence-corrected chi connectivity index (χ2v) is 19.4. The van der Waals surface area contributed by atoms with Crippen LogP contribution in [-0.2, 0) is 23.1 Å². The number of carboxylic acids is 1. The van der Waals surface area contributed by atoms with Crippen molar-refractivity contribution in [2.24, 2.45) is 0 Å². The molecule has 0 aromatic carbocycles. The van der Waals surface area contributed by atoms with Crippen LogP contribution < -0.4 is 0 Å². The summed E-state index contributed by atoms with van der Waals surface area (Å²) < 4.78 is 48.0. The molecule has 4 unspecified atom stereocenters. The van der Waals surface area contributed by atoms with Crippen LogP contribution in [0.1, 0.15) is 0 Å². The molecule has 5 N–H and O–H groups in total. The van der Waals surface area contributed by atoms with Gasteiger partial charge < -0.3 is 24.7 Å². The van der Waals surface area contributed by atoms with Gasteiger partial charge in [-0.3, -0.25) is 23.1 Å². The predicted molar refractivity (Wildman–Crippen MR) is 109 cm³/mol. The lowest BCUT2D eigenvalue weighted by Crippen LogP contribution is -2.08. The Bertz CT molecular complexity index is 881. The standard InChI is InChI=1S/C11H19NO10P4S2/c13-11(14)5-23(15,16)6-24(17,18)7-25(19,20)8-26(21,22)9-27-28-10-3-1-2-4-12-10/h1-4H,5-9H2,(H,13,14)(H,15,16)(H,17,18)(H,19,20)(H,21,22). The minimum absolute atomic E-state index is 0.425. The van der Waals surface area contributed by atoms with Crippen molar-refractivity contribution in [3.05, 3.63) is 24.4 Å². The number of carboxylic acid groups (broad SMARTS) is 1. The maximum atomic E-state index is 12.2. The van der Waals surface area contributed by atoms with Crippen LogP contribution in [0.3, 0.4) is 0 Å². The van der Waals surface area contributed by atoms with E-state index in [2.05, 4.69) is 4.98 Å². The molecule has 0 saturated carbocycles. The van der Waals surface area contributed by atoms with Gasteiger partial charge in [-0.2, -0.15) is 0 Å². The Hall–Kier alpha value is 0.0800. The third kappa shape index (κ3) is 11.3. The second-order valence-electron chi connectivity index (χ2n) is 5.86. The summed E-state index contributed by atoms with van der Waals surface area (Å²) in [6.07, 6.45) is 0.250. The van der Waals surface area contributed by atoms with Gasteiger partial charge in [0.2, 0.25) is 29.5 Å². The van der Waals surface area contributed by atoms with Crippen molar-refractivity contribution in [3.63, 3.8) is 0 Å². The first-order valence-electron chi connectivity index (χ1n) is 7.27. The summed E-state index contributed by atoms with van der Waals surface area (Å²) in [5.41, 5.74) is -0.425. The van der Waals surface area contributed by atoms with E-state index in [0.717, 1.165) is 21.6 Å². The molecule has 28 heavy (non-hydrogen) atoms. The third-order valence-electron chi connectivity index (χ3n) is 2.74. The van der Waals surface area contributed by atoms with E-state index < -0.39 is 64.8 Å². The van der Waals surface area contributed by atoms with Gasteiger partial charge in [0.05, 0.1) is 5.49 Å². The van der Waals surface area contributed by atoms with Gasteiger partial charge in [0.15, 0.2) is 0 Å². The molecule has 1 heterocycles. The first-order valence-corrected chi connectivity index (χ1v) is 17.7. The molecular weight excluding hydrogens is 494 g/mol. The van der Waals surface area contributed by atoms with E-state index >= 15 is 0 Å². The van der Waals surface area contributed by atoms with Gasteiger partial charge in [0.1, 0.15) is 28.9 Å². The van der Waals surface area contributed by atoms with Crippen molar-refractivity contribution >= 4 is 57.0 Å². The Morgan fingerprint density at radius 3 is 1.93 bits per heavy atom. The number of aliphatic carboxylic acids is 1. The molecule has 0 amide bonds. The lowest BCUT2D eigenvalue weighted by Gasteiger charge is -2.20. The molecule has 1 aromatic heterocycles. The first-order chi connectivity index (χ1) is 12.6. The van der Waals surface area contributed by atoms with Crippen molar-refractivity contribution in [2.45, 2.75) is 5.03 Å². The maximum absolute atomic E-state index is 12.2. The highest BCUT2D eigenvalue weighted by Gasteiger charge is 2.41. The normalized spacial score (nSPS) is 20.3. The molecule has 0 fully saturated rings. The number of hydrogen-bond donors (Lipinski definition) is 5. The fourth-order valence-electron chi connectivity index (χ4n) is 1.99. The van der Waals surface area contributed by atoms with E-state index in [1.54, 1.807) is 18.2 Å². The van der Waals surface area contributed by atoms with Crippen LogP contribution in [0.15, 0.2) is 29.4 Å². The van der Waals surface area contributed by atoms with Crippen LogP contribution in [0.2, 0.25) is 0 Å². The Morgan fingerprint density at radius 2 is 1.43 bits per heavy atom. The van der Waals surface area contributed by atoms with Gasteiger partial charge in [-0.05, 0) is 22.9 Å². The molecule has 0 radical (unpaired) electrons. The Balaban J connectivity index is 2.66. The lowest BCUT2D eigenvalue weighted by molar-refractivity contribution is -0.134. The summed E-state index contributed by atoms with van der Waals surface area (Å²) in [6.45, 7) is 0. The summed E-state index contributed by atoms with van der Waals surface area (Å²) in [6, 6.07) is 5.05. The number of aromatic nitrogens is 1. The Morgan fingerprint density at radius 1 is 0.893 bits per heavy atom. The molecular formula is C11H19NO10P4S2. The van der Waals surface area contributed by atoms with Crippen LogP contribution in [0.4, 0.5) is 0 Å². The van der Waals surface area contributed by atoms with Gasteiger partial charge >= 0.3 is 5.97 Å². The summed E-state index contributed by atoms with van der Waals surface area (Å²) >= 11 is 0.